The minimum atomic E-state index is -4.91. The van der Waals surface area contributed by atoms with E-state index in [2.05, 4.69) is 99.3 Å². The number of amides is 2. The Labute approximate surface area is 429 Å². The summed E-state index contributed by atoms with van der Waals surface area (Å²) in [6, 6.07) is 20.6. The van der Waals surface area contributed by atoms with Crippen molar-refractivity contribution in [3.05, 3.63) is 107 Å². The third-order valence-electron chi connectivity index (χ3n) is 11.3. The molecule has 6 rings (SSSR count). The van der Waals surface area contributed by atoms with Gasteiger partial charge in [0.1, 0.15) is 9.79 Å². The lowest BCUT2D eigenvalue weighted by Crippen LogP contribution is -2.25. The molecule has 0 saturated heterocycles. The van der Waals surface area contributed by atoms with Crippen molar-refractivity contribution >= 4 is 103 Å². The second kappa shape index (κ2) is 25.7. The molecular formula is C48H60N16O8S2. The highest BCUT2D eigenvalue weighted by Gasteiger charge is 2.20. The normalized spacial score (nSPS) is 11.7. The molecule has 0 aliphatic rings. The van der Waals surface area contributed by atoms with Crippen LogP contribution in [-0.2, 0) is 20.2 Å². The van der Waals surface area contributed by atoms with E-state index in [-0.39, 0.29) is 58.2 Å². The lowest BCUT2D eigenvalue weighted by Gasteiger charge is -2.18. The summed E-state index contributed by atoms with van der Waals surface area (Å²) in [6.07, 6.45) is 4.08. The Morgan fingerprint density at radius 1 is 0.486 bits per heavy atom. The van der Waals surface area contributed by atoms with Crippen molar-refractivity contribution in [3.63, 3.8) is 0 Å². The first-order valence-corrected chi connectivity index (χ1v) is 26.5. The molecule has 12 N–H and O–H groups in total. The standard InChI is InChI=1S/C48H60N16O8S2/c1-5-63(6-2)27-9-25-51-43-57-45(53-35-19-15-33(16-20-35)41(49)65)61-47(59-43)55-37-23-13-31(39(29-37)73(67,68)69)11-12-32-14-24-38(30-40(32)74(70,71)72)56-48-60-44(52-26-10-28-64(7-3)8-4)58-46(62-48)54-36-21-17-34(18-22-36)42(50)66/h11-24,29-30H,5-10,25-28H2,1-4H3,(H2,49,65)(H2,50,66)(H,67,68,69)(H,70,71,72)(H3,51,53,55,57,59,61)(H3,52,54,56,58,60,62). The lowest BCUT2D eigenvalue weighted by atomic mass is 10.1. The van der Waals surface area contributed by atoms with Gasteiger partial charge in [0, 0.05) is 47.0 Å². The van der Waals surface area contributed by atoms with Gasteiger partial charge in [-0.25, -0.2) is 0 Å². The lowest BCUT2D eigenvalue weighted by molar-refractivity contribution is 0.0992. The van der Waals surface area contributed by atoms with E-state index in [0.29, 0.717) is 35.6 Å². The van der Waals surface area contributed by atoms with Crippen molar-refractivity contribution in [2.45, 2.75) is 50.3 Å². The Morgan fingerprint density at radius 3 is 1.08 bits per heavy atom. The van der Waals surface area contributed by atoms with Gasteiger partial charge in [0.25, 0.3) is 20.2 Å². The van der Waals surface area contributed by atoms with Crippen LogP contribution in [-0.4, -0.2) is 130 Å². The molecule has 0 aliphatic heterocycles. The Hall–Kier alpha value is -7.88. The highest BCUT2D eigenvalue weighted by molar-refractivity contribution is 7.86. The quantitative estimate of drug-likeness (QED) is 0.0149. The number of benzene rings is 4. The minimum Gasteiger partial charge on any atom is -0.366 e. The van der Waals surface area contributed by atoms with Crippen LogP contribution in [0.5, 0.6) is 0 Å². The summed E-state index contributed by atoms with van der Waals surface area (Å²) in [4.78, 5) is 53.5. The molecule has 6 aromatic rings. The molecule has 0 aliphatic carbocycles. The maximum Gasteiger partial charge on any atom is 0.295 e. The maximum absolute atomic E-state index is 12.9. The van der Waals surface area contributed by atoms with Crippen molar-refractivity contribution in [3.8, 4) is 0 Å². The summed E-state index contributed by atoms with van der Waals surface area (Å²) < 4.78 is 72.2. The Balaban J connectivity index is 1.25. The monoisotopic (exact) mass is 1050 g/mol. The molecule has 24 nitrogen and oxygen atoms in total. The second-order valence-electron chi connectivity index (χ2n) is 16.4. The number of nitrogens with zero attached hydrogens (tertiary/aromatic N) is 8. The van der Waals surface area contributed by atoms with Crippen LogP contribution in [0.3, 0.4) is 0 Å². The van der Waals surface area contributed by atoms with Crippen LogP contribution in [0.2, 0.25) is 0 Å². The van der Waals surface area contributed by atoms with Crippen LogP contribution < -0.4 is 43.4 Å². The average molecular weight is 1050 g/mol. The number of hydrogen-bond donors (Lipinski definition) is 10. The molecule has 0 saturated carbocycles. The first-order valence-electron chi connectivity index (χ1n) is 23.6. The molecule has 2 aromatic heterocycles. The van der Waals surface area contributed by atoms with Gasteiger partial charge in [-0.2, -0.15) is 46.7 Å². The van der Waals surface area contributed by atoms with Gasteiger partial charge in [0.2, 0.25) is 47.5 Å². The molecule has 0 radical (unpaired) electrons. The molecule has 392 valence electrons. The van der Waals surface area contributed by atoms with Gasteiger partial charge in [-0.1, -0.05) is 52.0 Å². The first kappa shape index (κ1) is 55.4. The number of primary amides is 2. The van der Waals surface area contributed by atoms with E-state index in [4.69, 9.17) is 11.5 Å². The van der Waals surface area contributed by atoms with Gasteiger partial charge in [-0.05, 0) is 136 Å². The largest absolute Gasteiger partial charge is 0.366 e. The minimum absolute atomic E-state index is 0.00190. The van der Waals surface area contributed by atoms with Gasteiger partial charge in [-0.15, -0.1) is 0 Å². The Kier molecular flexibility index (Phi) is 19.2. The van der Waals surface area contributed by atoms with E-state index >= 15 is 0 Å². The molecule has 0 unspecified atom stereocenters. The molecule has 0 spiro atoms. The number of aromatic nitrogens is 6. The molecule has 0 fully saturated rings. The fraction of sp³-hybridized carbons (Fsp3) is 0.292. The number of rotatable bonds is 28. The van der Waals surface area contributed by atoms with E-state index in [1.54, 1.807) is 24.3 Å². The smallest absolute Gasteiger partial charge is 0.295 e. The van der Waals surface area contributed by atoms with Crippen molar-refractivity contribution in [2.24, 2.45) is 11.5 Å². The van der Waals surface area contributed by atoms with Crippen molar-refractivity contribution in [1.29, 1.82) is 0 Å². The summed E-state index contributed by atoms with van der Waals surface area (Å²) >= 11 is 0. The van der Waals surface area contributed by atoms with Gasteiger partial charge in [0.15, 0.2) is 0 Å². The van der Waals surface area contributed by atoms with Gasteiger partial charge >= 0.3 is 0 Å². The zero-order valence-corrected chi connectivity index (χ0v) is 42.8. The molecule has 0 bridgehead atoms. The van der Waals surface area contributed by atoms with Crippen LogP contribution in [0.15, 0.2) is 94.7 Å². The summed E-state index contributed by atoms with van der Waals surface area (Å²) in [5.41, 5.74) is 12.7. The zero-order valence-electron chi connectivity index (χ0n) is 41.2. The first-order chi connectivity index (χ1) is 35.3. The molecule has 26 heteroatoms. The number of nitrogens with one attached hydrogen (secondary N) is 6. The molecule has 2 amide bonds. The fourth-order valence-corrected chi connectivity index (χ4v) is 8.72. The van der Waals surface area contributed by atoms with E-state index in [1.807, 2.05) is 0 Å². The number of carbonyl (C=O) groups is 2. The summed E-state index contributed by atoms with van der Waals surface area (Å²) in [5, 5.41) is 18.5. The molecule has 4 aromatic carbocycles. The SMILES string of the molecule is CCN(CC)CCCNc1nc(Nc2ccc(C(N)=O)cc2)nc(Nc2ccc(C=Cc3ccc(Nc4nc(NCCCN(CC)CC)nc(Nc5ccc(C(N)=O)cc5)n4)cc3S(=O)(=O)O)c(S(=O)(=O)O)c2)n1. The number of anilines is 10. The van der Waals surface area contributed by atoms with Gasteiger partial charge < -0.3 is 53.2 Å². The molecule has 74 heavy (non-hydrogen) atoms. The Morgan fingerprint density at radius 2 is 0.784 bits per heavy atom. The van der Waals surface area contributed by atoms with Crippen LogP contribution in [0.25, 0.3) is 12.2 Å². The number of hydrogen-bond acceptors (Lipinski definition) is 20. The van der Waals surface area contributed by atoms with E-state index in [0.717, 1.165) is 64.2 Å². The van der Waals surface area contributed by atoms with Crippen LogP contribution in [0, 0.1) is 0 Å². The zero-order chi connectivity index (χ0) is 53.4. The second-order valence-corrected chi connectivity index (χ2v) is 19.2. The predicted octanol–water partition coefficient (Wildman–Crippen LogP) is 6.18. The van der Waals surface area contributed by atoms with E-state index in [1.165, 1.54) is 60.7 Å². The summed E-state index contributed by atoms with van der Waals surface area (Å²) in [7, 11) is -9.81. The van der Waals surface area contributed by atoms with Crippen molar-refractivity contribution in [1.82, 2.24) is 39.7 Å². The third kappa shape index (κ3) is 16.3. The van der Waals surface area contributed by atoms with Gasteiger partial charge in [0.05, 0.1) is 0 Å². The fourth-order valence-electron chi connectivity index (χ4n) is 7.30. The topological polar surface area (TPSA) is 351 Å². The third-order valence-corrected chi connectivity index (χ3v) is 13.1. The van der Waals surface area contributed by atoms with Gasteiger partial charge in [-0.3, -0.25) is 18.7 Å². The summed E-state index contributed by atoms with van der Waals surface area (Å²) in [6.45, 7) is 14.7. The molecule has 0 atom stereocenters. The van der Waals surface area contributed by atoms with Crippen molar-refractivity contribution in [2.75, 3.05) is 84.3 Å². The van der Waals surface area contributed by atoms with Crippen LogP contribution >= 0.6 is 0 Å². The number of carbonyl (C=O) groups excluding carboxylic acids is 2. The summed E-state index contributed by atoms with van der Waals surface area (Å²) in [5.74, 6) is -0.589. The Bertz CT molecular complexity index is 2950. The van der Waals surface area contributed by atoms with Crippen LogP contribution in [0.1, 0.15) is 72.4 Å². The van der Waals surface area contributed by atoms with Crippen LogP contribution in [0.4, 0.5) is 58.4 Å². The molecular weight excluding hydrogens is 993 g/mol. The van der Waals surface area contributed by atoms with E-state index in [9.17, 15) is 35.5 Å². The van der Waals surface area contributed by atoms with E-state index < -0.39 is 41.8 Å². The average Bonchev–Trinajstić information content (AvgIpc) is 3.36. The highest BCUT2D eigenvalue weighted by atomic mass is 32.2. The predicted molar refractivity (Wildman–Crippen MR) is 286 cm³/mol. The highest BCUT2D eigenvalue weighted by Crippen LogP contribution is 2.29. The molecule has 2 heterocycles. The number of nitrogens with two attached hydrogens (primary N) is 2. The maximum atomic E-state index is 12.9. The van der Waals surface area contributed by atoms with Crippen molar-refractivity contribution < 1.29 is 35.5 Å².